The molecule has 3 N–H and O–H groups in total. The van der Waals surface area contributed by atoms with Crippen LogP contribution in [-0.4, -0.2) is 23.4 Å². The first-order chi connectivity index (χ1) is 16.0. The molecule has 0 aliphatic rings. The Balaban J connectivity index is 1.61. The average Bonchev–Trinajstić information content (AvgIpc) is 2.84. The smallest absolute Gasteiger partial charge is 0.338 e. The fourth-order valence-corrected chi connectivity index (χ4v) is 3.17. The first kappa shape index (κ1) is 23.6. The minimum atomic E-state index is -0.504. The van der Waals surface area contributed by atoms with E-state index < -0.39 is 5.92 Å². The van der Waals surface area contributed by atoms with Crippen LogP contribution in [-0.2, 0) is 16.1 Å². The van der Waals surface area contributed by atoms with Gasteiger partial charge < -0.3 is 15.8 Å². The molecule has 168 valence electrons. The number of aromatic nitrogens is 1. The fraction of sp³-hybridized carbons (Fsp3) is 0.148. The molecule has 1 unspecified atom stereocenters. The second-order valence-corrected chi connectivity index (χ2v) is 7.55. The molecule has 0 aliphatic carbocycles. The Morgan fingerprint density at radius 3 is 2.52 bits per heavy atom. The topological polar surface area (TPSA) is 94.3 Å². The zero-order valence-corrected chi connectivity index (χ0v) is 18.5. The van der Waals surface area contributed by atoms with Crippen LogP contribution in [0.4, 0.5) is 0 Å². The molecule has 0 radical (unpaired) electrons. The summed E-state index contributed by atoms with van der Waals surface area (Å²) >= 11 is 0. The van der Waals surface area contributed by atoms with E-state index in [0.29, 0.717) is 11.3 Å². The summed E-state index contributed by atoms with van der Waals surface area (Å²) < 4.78 is 5.35. The summed E-state index contributed by atoms with van der Waals surface area (Å²) in [5.41, 5.74) is 8.70. The molecule has 1 heterocycles. The van der Waals surface area contributed by atoms with Crippen molar-refractivity contribution in [1.29, 1.82) is 0 Å². The molecule has 0 fully saturated rings. The molecule has 0 bridgehead atoms. The van der Waals surface area contributed by atoms with Gasteiger partial charge in [0.05, 0.1) is 11.5 Å². The number of nitrogens with one attached hydrogen (secondary N) is 1. The van der Waals surface area contributed by atoms with Gasteiger partial charge in [-0.2, -0.15) is 0 Å². The van der Waals surface area contributed by atoms with Crippen LogP contribution in [0.15, 0.2) is 84.8 Å². The van der Waals surface area contributed by atoms with Crippen molar-refractivity contribution >= 4 is 24.5 Å². The van der Waals surface area contributed by atoms with Crippen LogP contribution < -0.4 is 21.5 Å². The highest BCUT2D eigenvalue weighted by atomic mass is 16.5. The first-order valence-corrected chi connectivity index (χ1v) is 10.6. The molecule has 2 aromatic carbocycles. The highest BCUT2D eigenvalue weighted by Crippen LogP contribution is 2.17. The SMILES string of the molecule is C=c1ccnc/c1=C/C=C(\C)NC(=O)C(CN)c1ccc(COC(=O)c2ccccc2)cc1. The van der Waals surface area contributed by atoms with Gasteiger partial charge in [-0.15, -0.1) is 0 Å². The average molecular weight is 442 g/mol. The predicted molar refractivity (Wildman–Crippen MR) is 129 cm³/mol. The molecular weight excluding hydrogens is 414 g/mol. The van der Waals surface area contributed by atoms with Crippen LogP contribution in [0, 0.1) is 0 Å². The monoisotopic (exact) mass is 441 g/mol. The second kappa shape index (κ2) is 11.5. The van der Waals surface area contributed by atoms with Crippen LogP contribution in [0.25, 0.3) is 12.7 Å². The lowest BCUT2D eigenvalue weighted by atomic mass is 9.97. The number of esters is 1. The highest BCUT2D eigenvalue weighted by molar-refractivity contribution is 5.89. The summed E-state index contributed by atoms with van der Waals surface area (Å²) in [4.78, 5) is 28.9. The Morgan fingerprint density at radius 2 is 1.85 bits per heavy atom. The predicted octanol–water partition coefficient (Wildman–Crippen LogP) is 2.39. The Bertz CT molecular complexity index is 1240. The molecule has 0 saturated heterocycles. The first-order valence-electron chi connectivity index (χ1n) is 10.6. The van der Waals surface area contributed by atoms with E-state index >= 15 is 0 Å². The zero-order valence-electron chi connectivity index (χ0n) is 18.5. The van der Waals surface area contributed by atoms with Gasteiger partial charge in [-0.05, 0) is 52.8 Å². The number of hydrogen-bond acceptors (Lipinski definition) is 5. The maximum atomic E-state index is 12.8. The lowest BCUT2D eigenvalue weighted by Gasteiger charge is -2.16. The van der Waals surface area contributed by atoms with Gasteiger partial charge in [0.25, 0.3) is 0 Å². The lowest BCUT2D eigenvalue weighted by molar-refractivity contribution is -0.121. The third-order valence-electron chi connectivity index (χ3n) is 5.09. The number of nitrogens with zero attached hydrogens (tertiary/aromatic N) is 1. The van der Waals surface area contributed by atoms with E-state index in [1.807, 2.05) is 49.4 Å². The number of carbonyl (C=O) groups is 2. The summed E-state index contributed by atoms with van der Waals surface area (Å²) in [6.45, 7) is 6.07. The van der Waals surface area contributed by atoms with Crippen molar-refractivity contribution in [2.24, 2.45) is 5.73 Å². The number of pyridine rings is 1. The molecule has 6 nitrogen and oxygen atoms in total. The normalized spacial score (nSPS) is 12.8. The van der Waals surface area contributed by atoms with Crippen molar-refractivity contribution in [3.8, 4) is 0 Å². The van der Waals surface area contributed by atoms with Crippen molar-refractivity contribution in [2.45, 2.75) is 19.4 Å². The number of carbonyl (C=O) groups excluding carboxylic acids is 2. The van der Waals surface area contributed by atoms with E-state index in [-0.39, 0.29) is 25.0 Å². The Morgan fingerprint density at radius 1 is 1.12 bits per heavy atom. The zero-order chi connectivity index (χ0) is 23.6. The Kier molecular flexibility index (Phi) is 8.27. The number of amides is 1. The fourth-order valence-electron chi connectivity index (χ4n) is 3.17. The molecule has 1 amide bonds. The van der Waals surface area contributed by atoms with Gasteiger partial charge >= 0.3 is 5.97 Å². The number of hydrogen-bond donors (Lipinski definition) is 2. The number of nitrogens with two attached hydrogens (primary N) is 1. The summed E-state index contributed by atoms with van der Waals surface area (Å²) in [5.74, 6) is -1.07. The molecule has 1 atom stereocenters. The van der Waals surface area contributed by atoms with Crippen LogP contribution in [0.5, 0.6) is 0 Å². The maximum Gasteiger partial charge on any atom is 0.338 e. The molecule has 1 aromatic heterocycles. The summed E-state index contributed by atoms with van der Waals surface area (Å²) in [7, 11) is 0. The van der Waals surface area contributed by atoms with E-state index in [0.717, 1.165) is 21.6 Å². The highest BCUT2D eigenvalue weighted by Gasteiger charge is 2.19. The maximum absolute atomic E-state index is 12.8. The standard InChI is InChI=1S/C27H27N3O3/c1-19-14-15-29-17-24(19)11-8-20(2)30-26(31)25(16-28)22-12-9-21(10-13-22)18-33-27(32)23-6-4-3-5-7-23/h3-15,17,25H,1,16,18,28H2,2H3,(H,30,31)/b20-8+,24-11-. The van der Waals surface area contributed by atoms with Crippen molar-refractivity contribution < 1.29 is 14.3 Å². The van der Waals surface area contributed by atoms with Gasteiger partial charge in [0, 0.05) is 24.6 Å². The van der Waals surface area contributed by atoms with Crippen LogP contribution >= 0.6 is 0 Å². The second-order valence-electron chi connectivity index (χ2n) is 7.55. The van der Waals surface area contributed by atoms with Gasteiger partial charge in [-0.3, -0.25) is 9.78 Å². The molecular formula is C27H27N3O3. The largest absolute Gasteiger partial charge is 0.457 e. The molecule has 33 heavy (non-hydrogen) atoms. The summed E-state index contributed by atoms with van der Waals surface area (Å²) in [6, 6.07) is 18.0. The number of rotatable bonds is 8. The number of ether oxygens (including phenoxy) is 1. The van der Waals surface area contributed by atoms with E-state index in [1.54, 1.807) is 42.7 Å². The number of allylic oxidation sites excluding steroid dienone is 2. The molecule has 6 heteroatoms. The van der Waals surface area contributed by atoms with Crippen molar-refractivity contribution in [3.63, 3.8) is 0 Å². The third-order valence-corrected chi connectivity index (χ3v) is 5.09. The van der Waals surface area contributed by atoms with E-state index in [9.17, 15) is 9.59 Å². The Hall–Kier alpha value is -4.03. The minimum Gasteiger partial charge on any atom is -0.457 e. The molecule has 0 spiro atoms. The molecule has 0 aliphatic heterocycles. The van der Waals surface area contributed by atoms with Gasteiger partial charge in [0.15, 0.2) is 0 Å². The third kappa shape index (κ3) is 6.72. The van der Waals surface area contributed by atoms with Crippen LogP contribution in [0.3, 0.4) is 0 Å². The summed E-state index contributed by atoms with van der Waals surface area (Å²) in [6.07, 6.45) is 7.06. The summed E-state index contributed by atoms with van der Waals surface area (Å²) in [5, 5.41) is 4.63. The van der Waals surface area contributed by atoms with Gasteiger partial charge in [0.1, 0.15) is 6.61 Å². The van der Waals surface area contributed by atoms with E-state index in [1.165, 1.54) is 0 Å². The molecule has 3 rings (SSSR count). The van der Waals surface area contributed by atoms with Crippen LogP contribution in [0.2, 0.25) is 0 Å². The quantitative estimate of drug-likeness (QED) is 0.524. The van der Waals surface area contributed by atoms with Crippen molar-refractivity contribution in [1.82, 2.24) is 10.3 Å². The van der Waals surface area contributed by atoms with Crippen LogP contribution in [0.1, 0.15) is 34.3 Å². The van der Waals surface area contributed by atoms with Crippen molar-refractivity contribution in [3.05, 3.63) is 112 Å². The van der Waals surface area contributed by atoms with E-state index in [2.05, 4.69) is 16.9 Å². The Labute approximate surface area is 193 Å². The van der Waals surface area contributed by atoms with Gasteiger partial charge in [0.2, 0.25) is 5.91 Å². The number of benzene rings is 2. The lowest BCUT2D eigenvalue weighted by Crippen LogP contribution is -2.32. The van der Waals surface area contributed by atoms with Gasteiger partial charge in [-0.1, -0.05) is 55.1 Å². The molecule has 0 saturated carbocycles. The van der Waals surface area contributed by atoms with Gasteiger partial charge in [-0.25, -0.2) is 4.79 Å². The van der Waals surface area contributed by atoms with Crippen molar-refractivity contribution in [2.75, 3.05) is 6.54 Å². The molecule has 3 aromatic rings. The minimum absolute atomic E-state index is 0.147. The van der Waals surface area contributed by atoms with E-state index in [4.69, 9.17) is 10.5 Å².